The Kier molecular flexibility index (Phi) is 8.36. The van der Waals surface area contributed by atoms with E-state index in [1.54, 1.807) is 24.5 Å². The number of alkyl halides is 3. The van der Waals surface area contributed by atoms with Gasteiger partial charge in [0.25, 0.3) is 0 Å². The van der Waals surface area contributed by atoms with Crippen LogP contribution < -0.4 is 0 Å². The van der Waals surface area contributed by atoms with Gasteiger partial charge in [-0.05, 0) is 25.0 Å². The number of carbonyl (C=O) groups is 1. The number of aliphatic hydroxyl groups is 1. The molecule has 0 saturated heterocycles. The molecule has 5 nitrogen and oxygen atoms in total. The lowest BCUT2D eigenvalue weighted by molar-refractivity contribution is 0.0511. The average Bonchev–Trinajstić information content (AvgIpc) is 2.90. The third-order valence-corrected chi connectivity index (χ3v) is 3.70. The van der Waals surface area contributed by atoms with Crippen molar-refractivity contribution in [2.45, 2.75) is 29.8 Å². The Labute approximate surface area is 153 Å². The summed E-state index contributed by atoms with van der Waals surface area (Å²) < 4.78 is 7.80. The van der Waals surface area contributed by atoms with Crippen molar-refractivity contribution >= 4 is 58.4 Å². The zero-order chi connectivity index (χ0) is 17.5. The minimum absolute atomic E-state index is 0.0501. The van der Waals surface area contributed by atoms with Gasteiger partial charge in [0, 0.05) is 5.38 Å². The van der Waals surface area contributed by atoms with E-state index < -0.39 is 22.7 Å². The quantitative estimate of drug-likeness (QED) is 0.414. The highest BCUT2D eigenvalue weighted by atomic mass is 35.6. The molecule has 0 amide bonds. The van der Waals surface area contributed by atoms with Gasteiger partial charge in [-0.3, -0.25) is 0 Å². The molecule has 1 rings (SSSR count). The number of hydrogen-bond donors (Lipinski definition) is 1. The van der Waals surface area contributed by atoms with Gasteiger partial charge >= 0.3 is 6.16 Å². The predicted octanol–water partition coefficient (Wildman–Crippen LogP) is 4.51. The summed E-state index contributed by atoms with van der Waals surface area (Å²) in [4.78, 5) is 15.6. The van der Waals surface area contributed by atoms with Crippen LogP contribution in [0.3, 0.4) is 0 Å². The van der Waals surface area contributed by atoms with Gasteiger partial charge in [0.15, 0.2) is 0 Å². The zero-order valence-electron chi connectivity index (χ0n) is 12.3. The highest BCUT2D eigenvalue weighted by Crippen LogP contribution is 2.26. The lowest BCUT2D eigenvalue weighted by Crippen LogP contribution is -2.17. The molecule has 0 aliphatic heterocycles. The normalized spacial score (nSPS) is 13.5. The van der Waals surface area contributed by atoms with Crippen LogP contribution in [0.4, 0.5) is 4.79 Å². The van der Waals surface area contributed by atoms with Gasteiger partial charge in [0.05, 0.1) is 11.8 Å². The molecule has 0 unspecified atom stereocenters. The smallest absolute Gasteiger partial charge is 0.430 e. The van der Waals surface area contributed by atoms with Crippen LogP contribution in [0.25, 0.3) is 6.08 Å². The SMILES string of the molecule is C=CC[C@H](O)C(C)=Cc1csc(COC(=O)OCC(Cl)(Cl)Cl)n1. The molecular weight excluding hydrogens is 385 g/mol. The standard InChI is InChI=1S/C14H16Cl3NO4S/c1-3-4-11(19)9(2)5-10-7-23-12(18-10)6-21-13(20)22-8-14(15,16)17/h3,5,7,11,19H,1,4,6,8H2,2H3/t11-/m0/s1. The molecule has 0 fully saturated rings. The van der Waals surface area contributed by atoms with E-state index >= 15 is 0 Å². The number of halogens is 3. The van der Waals surface area contributed by atoms with E-state index in [9.17, 15) is 9.90 Å². The van der Waals surface area contributed by atoms with Crippen molar-refractivity contribution in [3.05, 3.63) is 34.3 Å². The second-order valence-electron chi connectivity index (χ2n) is 4.54. The summed E-state index contributed by atoms with van der Waals surface area (Å²) in [6, 6.07) is 0. The van der Waals surface area contributed by atoms with Gasteiger partial charge in [-0.2, -0.15) is 0 Å². The van der Waals surface area contributed by atoms with Crippen LogP contribution in [-0.4, -0.2) is 32.7 Å². The molecule has 0 saturated carbocycles. The van der Waals surface area contributed by atoms with Gasteiger partial charge in [-0.15, -0.1) is 17.9 Å². The van der Waals surface area contributed by atoms with Crippen molar-refractivity contribution in [2.75, 3.05) is 6.61 Å². The molecule has 0 aromatic carbocycles. The van der Waals surface area contributed by atoms with E-state index in [4.69, 9.17) is 39.5 Å². The van der Waals surface area contributed by atoms with E-state index in [-0.39, 0.29) is 6.61 Å². The molecule has 0 spiro atoms. The fraction of sp³-hybridized carbons (Fsp3) is 0.429. The molecule has 1 aromatic rings. The summed E-state index contributed by atoms with van der Waals surface area (Å²) in [5, 5.41) is 12.2. The number of nitrogens with zero attached hydrogens (tertiary/aromatic N) is 1. The summed E-state index contributed by atoms with van der Waals surface area (Å²) in [7, 11) is 0. The Morgan fingerprint density at radius 2 is 2.22 bits per heavy atom. The van der Waals surface area contributed by atoms with Crippen molar-refractivity contribution in [3.8, 4) is 0 Å². The second kappa shape index (κ2) is 9.49. The number of hydrogen-bond acceptors (Lipinski definition) is 6. The zero-order valence-corrected chi connectivity index (χ0v) is 15.4. The molecule has 1 heterocycles. The maximum atomic E-state index is 11.3. The van der Waals surface area contributed by atoms with E-state index in [2.05, 4.69) is 16.3 Å². The summed E-state index contributed by atoms with van der Waals surface area (Å²) in [5.41, 5.74) is 1.44. The third kappa shape index (κ3) is 8.58. The second-order valence-corrected chi connectivity index (χ2v) is 8.00. The summed E-state index contributed by atoms with van der Waals surface area (Å²) in [5.74, 6) is 0. The summed E-state index contributed by atoms with van der Waals surface area (Å²) in [6.07, 6.45) is 2.34. The van der Waals surface area contributed by atoms with E-state index in [0.717, 1.165) is 5.57 Å². The summed E-state index contributed by atoms with van der Waals surface area (Å²) >= 11 is 17.7. The number of rotatable bonds is 7. The van der Waals surface area contributed by atoms with Crippen LogP contribution in [0.15, 0.2) is 23.6 Å². The molecular formula is C14H16Cl3NO4S. The first-order valence-corrected chi connectivity index (χ1v) is 8.50. The van der Waals surface area contributed by atoms with Crippen LogP contribution in [0.1, 0.15) is 24.0 Å². The van der Waals surface area contributed by atoms with Crippen LogP contribution in [0.5, 0.6) is 0 Å². The number of ether oxygens (including phenoxy) is 2. The van der Waals surface area contributed by atoms with Gasteiger partial charge in [-0.1, -0.05) is 40.9 Å². The fourth-order valence-electron chi connectivity index (χ4n) is 1.43. The van der Waals surface area contributed by atoms with Gasteiger partial charge in [0.2, 0.25) is 3.79 Å². The molecule has 128 valence electrons. The molecule has 0 bridgehead atoms. The summed E-state index contributed by atoms with van der Waals surface area (Å²) in [6.45, 7) is 4.93. The minimum Gasteiger partial charge on any atom is -0.430 e. The largest absolute Gasteiger partial charge is 0.508 e. The van der Waals surface area contributed by atoms with Crippen LogP contribution in [-0.2, 0) is 16.1 Å². The van der Waals surface area contributed by atoms with Gasteiger partial charge < -0.3 is 14.6 Å². The maximum absolute atomic E-state index is 11.3. The Morgan fingerprint density at radius 3 is 2.83 bits per heavy atom. The van der Waals surface area contributed by atoms with Crippen molar-refractivity contribution in [3.63, 3.8) is 0 Å². The lowest BCUT2D eigenvalue weighted by atomic mass is 10.1. The topological polar surface area (TPSA) is 68.7 Å². The fourth-order valence-corrected chi connectivity index (χ4v) is 2.26. The van der Waals surface area contributed by atoms with Gasteiger partial charge in [0.1, 0.15) is 18.2 Å². The van der Waals surface area contributed by atoms with Crippen molar-refractivity contribution in [2.24, 2.45) is 0 Å². The van der Waals surface area contributed by atoms with E-state index in [0.29, 0.717) is 17.1 Å². The predicted molar refractivity (Wildman–Crippen MR) is 93.0 cm³/mol. The monoisotopic (exact) mass is 399 g/mol. The Balaban J connectivity index is 2.49. The molecule has 1 N–H and O–H groups in total. The maximum Gasteiger partial charge on any atom is 0.508 e. The molecule has 1 aromatic heterocycles. The van der Waals surface area contributed by atoms with Crippen molar-refractivity contribution in [1.29, 1.82) is 0 Å². The Morgan fingerprint density at radius 1 is 1.52 bits per heavy atom. The highest BCUT2D eigenvalue weighted by Gasteiger charge is 2.22. The minimum atomic E-state index is -1.68. The Bertz CT molecular complexity index is 569. The highest BCUT2D eigenvalue weighted by molar-refractivity contribution is 7.09. The number of carbonyl (C=O) groups excluding carboxylic acids is 1. The molecule has 0 radical (unpaired) electrons. The first-order valence-electron chi connectivity index (χ1n) is 6.49. The number of thiazole rings is 1. The number of aromatic nitrogens is 1. The van der Waals surface area contributed by atoms with Gasteiger partial charge in [-0.25, -0.2) is 9.78 Å². The third-order valence-electron chi connectivity index (χ3n) is 2.53. The first-order chi connectivity index (χ1) is 10.7. The van der Waals surface area contributed by atoms with Crippen LogP contribution in [0, 0.1) is 0 Å². The van der Waals surface area contributed by atoms with E-state index in [1.807, 2.05) is 0 Å². The average molecular weight is 401 g/mol. The molecule has 9 heteroatoms. The lowest BCUT2D eigenvalue weighted by Gasteiger charge is -2.10. The van der Waals surface area contributed by atoms with Crippen molar-refractivity contribution < 1.29 is 19.4 Å². The van der Waals surface area contributed by atoms with Crippen LogP contribution in [0.2, 0.25) is 0 Å². The molecule has 23 heavy (non-hydrogen) atoms. The number of aliphatic hydroxyl groups excluding tert-OH is 1. The first kappa shape index (κ1) is 20.3. The molecule has 1 atom stereocenters. The van der Waals surface area contributed by atoms with E-state index in [1.165, 1.54) is 11.3 Å². The Hall–Kier alpha value is -0.790. The van der Waals surface area contributed by atoms with Crippen molar-refractivity contribution in [1.82, 2.24) is 4.98 Å². The molecule has 0 aliphatic carbocycles. The van der Waals surface area contributed by atoms with Crippen LogP contribution >= 0.6 is 46.1 Å². The molecule has 0 aliphatic rings.